The molecule has 3 rings (SSSR count). The lowest BCUT2D eigenvalue weighted by Crippen LogP contribution is -2.39. The zero-order valence-corrected chi connectivity index (χ0v) is 10.7. The highest BCUT2D eigenvalue weighted by Gasteiger charge is 2.17. The number of hydrogen-bond acceptors (Lipinski definition) is 5. The van der Waals surface area contributed by atoms with Crippen LogP contribution in [0.1, 0.15) is 4.88 Å². The van der Waals surface area contributed by atoms with Crippen molar-refractivity contribution in [3.8, 4) is 5.75 Å². The predicted molar refractivity (Wildman–Crippen MR) is 73.2 cm³/mol. The monoisotopic (exact) mass is 261 g/mol. The average Bonchev–Trinajstić information content (AvgIpc) is 2.92. The Balaban J connectivity index is 1.51. The summed E-state index contributed by atoms with van der Waals surface area (Å²) in [5.74, 6) is 0.938. The quantitative estimate of drug-likeness (QED) is 0.885. The number of aromatic nitrogens is 1. The molecule has 4 nitrogen and oxygen atoms in total. The molecular formula is C13H15N3OS. The van der Waals surface area contributed by atoms with Crippen LogP contribution in [0.2, 0.25) is 0 Å². The van der Waals surface area contributed by atoms with Crippen molar-refractivity contribution in [2.45, 2.75) is 12.6 Å². The minimum atomic E-state index is 0.174. The lowest BCUT2D eigenvalue weighted by atomic mass is 10.2. The second kappa shape index (κ2) is 5.37. The molecule has 2 heterocycles. The van der Waals surface area contributed by atoms with Crippen molar-refractivity contribution in [2.75, 3.05) is 18.4 Å². The number of nitrogens with zero attached hydrogens (tertiary/aromatic N) is 1. The second-order valence-corrected chi connectivity index (χ2v) is 5.19. The van der Waals surface area contributed by atoms with E-state index in [9.17, 15) is 0 Å². The highest BCUT2D eigenvalue weighted by atomic mass is 32.1. The third kappa shape index (κ3) is 2.63. The minimum absolute atomic E-state index is 0.174. The van der Waals surface area contributed by atoms with Crippen LogP contribution in [-0.4, -0.2) is 24.2 Å². The first-order chi connectivity index (χ1) is 8.92. The normalized spacial score (nSPS) is 17.7. The molecule has 1 aliphatic rings. The average molecular weight is 261 g/mol. The molecule has 1 aromatic carbocycles. The summed E-state index contributed by atoms with van der Waals surface area (Å²) in [6.45, 7) is 2.53. The highest BCUT2D eigenvalue weighted by Crippen LogP contribution is 2.27. The van der Waals surface area contributed by atoms with E-state index >= 15 is 0 Å². The summed E-state index contributed by atoms with van der Waals surface area (Å²) >= 11 is 1.67. The van der Waals surface area contributed by atoms with Crippen LogP contribution in [0.15, 0.2) is 36.0 Å². The number of nitrogens with one attached hydrogen (secondary N) is 2. The predicted octanol–water partition coefficient (Wildman–Crippen LogP) is 2.11. The largest absolute Gasteiger partial charge is 0.485 e. The maximum Gasteiger partial charge on any atom is 0.142 e. The van der Waals surface area contributed by atoms with Gasteiger partial charge in [-0.15, -0.1) is 11.3 Å². The van der Waals surface area contributed by atoms with Crippen molar-refractivity contribution >= 4 is 17.0 Å². The molecule has 0 radical (unpaired) electrons. The van der Waals surface area contributed by atoms with Gasteiger partial charge in [-0.1, -0.05) is 12.1 Å². The van der Waals surface area contributed by atoms with Gasteiger partial charge in [-0.3, -0.25) is 4.98 Å². The number of para-hydroxylation sites is 2. The van der Waals surface area contributed by atoms with Gasteiger partial charge in [0.2, 0.25) is 0 Å². The van der Waals surface area contributed by atoms with Gasteiger partial charge in [0.05, 0.1) is 17.7 Å². The summed E-state index contributed by atoms with van der Waals surface area (Å²) in [7, 11) is 0. The molecule has 18 heavy (non-hydrogen) atoms. The zero-order valence-electron chi connectivity index (χ0n) is 9.93. The van der Waals surface area contributed by atoms with Crippen LogP contribution in [0.5, 0.6) is 5.75 Å². The molecule has 0 bridgehead atoms. The molecule has 1 atom stereocenters. The molecule has 2 aromatic rings. The van der Waals surface area contributed by atoms with E-state index < -0.39 is 0 Å². The van der Waals surface area contributed by atoms with Crippen LogP contribution < -0.4 is 15.4 Å². The van der Waals surface area contributed by atoms with Crippen molar-refractivity contribution in [1.29, 1.82) is 0 Å². The second-order valence-electron chi connectivity index (χ2n) is 4.22. The Hall–Kier alpha value is -1.59. The topological polar surface area (TPSA) is 46.2 Å². The lowest BCUT2D eigenvalue weighted by Gasteiger charge is -2.27. The Morgan fingerprint density at radius 2 is 2.39 bits per heavy atom. The number of ether oxygens (including phenoxy) is 1. The standard InChI is InChI=1S/C13H15N3OS/c1-2-4-13-12(3-1)16-6-10(17-13)5-14-7-11-8-15-9-18-11/h1-4,8-10,14,16H,5-7H2. The molecule has 5 heteroatoms. The van der Waals surface area contributed by atoms with E-state index in [-0.39, 0.29) is 6.10 Å². The molecule has 94 valence electrons. The van der Waals surface area contributed by atoms with Gasteiger partial charge in [-0.2, -0.15) is 0 Å². The molecule has 0 fully saturated rings. The van der Waals surface area contributed by atoms with Crippen LogP contribution >= 0.6 is 11.3 Å². The number of fused-ring (bicyclic) bond motifs is 1. The summed E-state index contributed by atoms with van der Waals surface area (Å²) < 4.78 is 5.91. The van der Waals surface area contributed by atoms with Gasteiger partial charge in [0.15, 0.2) is 0 Å². The Morgan fingerprint density at radius 3 is 3.28 bits per heavy atom. The lowest BCUT2D eigenvalue weighted by molar-refractivity contribution is 0.202. The molecule has 1 aromatic heterocycles. The van der Waals surface area contributed by atoms with Crippen molar-refractivity contribution in [1.82, 2.24) is 10.3 Å². The number of anilines is 1. The molecule has 0 amide bonds. The van der Waals surface area contributed by atoms with Gasteiger partial charge < -0.3 is 15.4 Å². The van der Waals surface area contributed by atoms with E-state index in [4.69, 9.17) is 4.74 Å². The fourth-order valence-corrected chi connectivity index (χ4v) is 2.52. The van der Waals surface area contributed by atoms with E-state index in [1.807, 2.05) is 36.0 Å². The SMILES string of the molecule is c1ccc2c(c1)NCC(CNCc1cncs1)O2. The Bertz CT molecular complexity index is 501. The first-order valence-electron chi connectivity index (χ1n) is 5.99. The van der Waals surface area contributed by atoms with Crippen molar-refractivity contribution in [3.63, 3.8) is 0 Å². The van der Waals surface area contributed by atoms with Gasteiger partial charge in [-0.25, -0.2) is 0 Å². The van der Waals surface area contributed by atoms with Gasteiger partial charge in [0.25, 0.3) is 0 Å². The maximum atomic E-state index is 5.91. The Morgan fingerprint density at radius 1 is 1.44 bits per heavy atom. The van der Waals surface area contributed by atoms with Crippen molar-refractivity contribution in [2.24, 2.45) is 0 Å². The third-order valence-electron chi connectivity index (χ3n) is 2.86. The van der Waals surface area contributed by atoms with Gasteiger partial charge >= 0.3 is 0 Å². The maximum absolute atomic E-state index is 5.91. The van der Waals surface area contributed by atoms with Crippen LogP contribution in [-0.2, 0) is 6.54 Å². The van der Waals surface area contributed by atoms with E-state index in [1.165, 1.54) is 4.88 Å². The van der Waals surface area contributed by atoms with Crippen molar-refractivity contribution < 1.29 is 4.74 Å². The van der Waals surface area contributed by atoms with Gasteiger partial charge in [0.1, 0.15) is 11.9 Å². The van der Waals surface area contributed by atoms with Crippen LogP contribution in [0.4, 0.5) is 5.69 Å². The Kier molecular flexibility index (Phi) is 3.43. The molecular weight excluding hydrogens is 246 g/mol. The molecule has 2 N–H and O–H groups in total. The van der Waals surface area contributed by atoms with Crippen LogP contribution in [0.25, 0.3) is 0 Å². The minimum Gasteiger partial charge on any atom is -0.485 e. The summed E-state index contributed by atoms with van der Waals surface area (Å²) in [5, 5.41) is 6.78. The highest BCUT2D eigenvalue weighted by molar-refractivity contribution is 7.09. The summed E-state index contributed by atoms with van der Waals surface area (Å²) in [4.78, 5) is 5.30. The first kappa shape index (κ1) is 11.5. The van der Waals surface area contributed by atoms with Crippen LogP contribution in [0.3, 0.4) is 0 Å². The molecule has 1 unspecified atom stereocenters. The molecule has 0 spiro atoms. The summed E-state index contributed by atoms with van der Waals surface area (Å²) in [5.41, 5.74) is 2.93. The zero-order chi connectivity index (χ0) is 12.2. The fourth-order valence-electron chi connectivity index (χ4n) is 1.96. The number of thiazole rings is 1. The van der Waals surface area contributed by atoms with E-state index in [0.29, 0.717) is 0 Å². The number of rotatable bonds is 4. The van der Waals surface area contributed by atoms with Gasteiger partial charge in [-0.05, 0) is 12.1 Å². The first-order valence-corrected chi connectivity index (χ1v) is 6.87. The van der Waals surface area contributed by atoms with E-state index in [0.717, 1.165) is 31.1 Å². The molecule has 0 saturated carbocycles. The van der Waals surface area contributed by atoms with Crippen molar-refractivity contribution in [3.05, 3.63) is 40.8 Å². The summed E-state index contributed by atoms with van der Waals surface area (Å²) in [6, 6.07) is 8.04. The Labute approximate surface area is 110 Å². The third-order valence-corrected chi connectivity index (χ3v) is 3.64. The van der Waals surface area contributed by atoms with E-state index in [2.05, 4.69) is 15.6 Å². The van der Waals surface area contributed by atoms with Crippen LogP contribution in [0, 0.1) is 0 Å². The molecule has 0 saturated heterocycles. The number of benzene rings is 1. The van der Waals surface area contributed by atoms with E-state index in [1.54, 1.807) is 11.3 Å². The molecule has 0 aliphatic carbocycles. The van der Waals surface area contributed by atoms with Gasteiger partial charge in [0, 0.05) is 24.2 Å². The number of hydrogen-bond donors (Lipinski definition) is 2. The summed E-state index contributed by atoms with van der Waals surface area (Å²) in [6.07, 6.45) is 2.07. The smallest absolute Gasteiger partial charge is 0.142 e. The molecule has 1 aliphatic heterocycles. The fraction of sp³-hybridized carbons (Fsp3) is 0.308.